The molecule has 1 heterocycles. The molecule has 2 aliphatic rings. The van der Waals surface area contributed by atoms with Gasteiger partial charge in [0.2, 0.25) is 0 Å². The molecule has 1 saturated carbocycles. The first-order valence-electron chi connectivity index (χ1n) is 10.5. The summed E-state index contributed by atoms with van der Waals surface area (Å²) in [6.07, 6.45) is 6.95. The molecule has 3 rings (SSSR count). The number of carbonyl (C=O) groups excluding carboxylic acids is 1. The van der Waals surface area contributed by atoms with Crippen LogP contribution in [0.4, 0.5) is 0 Å². The van der Waals surface area contributed by atoms with Gasteiger partial charge in [-0.25, -0.2) is 0 Å². The first-order valence-corrected chi connectivity index (χ1v) is 10.5. The number of hydrogen-bond acceptors (Lipinski definition) is 6. The Morgan fingerprint density at radius 3 is 2.86 bits per heavy atom. The fraction of sp³-hybridized carbons (Fsp3) is 0.609. The fourth-order valence-corrected chi connectivity index (χ4v) is 4.41. The summed E-state index contributed by atoms with van der Waals surface area (Å²) in [6, 6.07) is 9.38. The van der Waals surface area contributed by atoms with E-state index in [2.05, 4.69) is 0 Å². The lowest BCUT2D eigenvalue weighted by atomic mass is 9.88. The van der Waals surface area contributed by atoms with Crippen molar-refractivity contribution in [2.45, 2.75) is 62.9 Å². The number of esters is 1. The summed E-state index contributed by atoms with van der Waals surface area (Å²) < 4.78 is 16.6. The van der Waals surface area contributed by atoms with E-state index >= 15 is 0 Å². The average Bonchev–Trinajstić information content (AvgIpc) is 2.89. The van der Waals surface area contributed by atoms with Gasteiger partial charge in [-0.3, -0.25) is 4.79 Å². The summed E-state index contributed by atoms with van der Waals surface area (Å²) in [4.78, 5) is 11.4. The third kappa shape index (κ3) is 6.29. The average molecular weight is 405 g/mol. The fourth-order valence-electron chi connectivity index (χ4n) is 4.41. The molecule has 29 heavy (non-hydrogen) atoms. The van der Waals surface area contributed by atoms with Crippen molar-refractivity contribution in [3.05, 3.63) is 42.5 Å². The van der Waals surface area contributed by atoms with Crippen LogP contribution in [0.1, 0.15) is 38.5 Å². The van der Waals surface area contributed by atoms with Crippen molar-refractivity contribution >= 4 is 5.97 Å². The maximum Gasteiger partial charge on any atom is 0.305 e. The molecular weight excluding hydrogens is 372 g/mol. The monoisotopic (exact) mass is 404 g/mol. The molecule has 6 atom stereocenters. The first kappa shape index (κ1) is 21.8. The molecule has 0 radical (unpaired) electrons. The molecule has 0 amide bonds. The van der Waals surface area contributed by atoms with E-state index in [1.807, 2.05) is 36.4 Å². The topological polar surface area (TPSA) is 85.2 Å². The largest absolute Gasteiger partial charge is 0.491 e. The second-order valence-electron chi connectivity index (χ2n) is 7.96. The van der Waals surface area contributed by atoms with E-state index in [1.165, 1.54) is 7.11 Å². The summed E-state index contributed by atoms with van der Waals surface area (Å²) >= 11 is 0. The van der Waals surface area contributed by atoms with Gasteiger partial charge in [0.05, 0.1) is 25.4 Å². The van der Waals surface area contributed by atoms with Gasteiger partial charge in [-0.05, 0) is 37.3 Å². The number of ether oxygens (including phenoxy) is 3. The highest BCUT2D eigenvalue weighted by atomic mass is 16.5. The van der Waals surface area contributed by atoms with E-state index in [9.17, 15) is 15.0 Å². The molecular formula is C23H32O6. The standard InChI is InChI=1S/C23H32O6/c1-27-23(26)13-11-18-8-5-9-20-19(21(25)14-22(20)29-18)12-10-16(24)15-28-17-6-3-2-4-7-17/h2-4,6-7,10,12,16,18-22,24-25H,5,8-9,11,13-15H2,1H3/b12-10+/t16-,18-,19-,20-,21-,22+/m1/s1. The van der Waals surface area contributed by atoms with Gasteiger partial charge in [-0.15, -0.1) is 0 Å². The van der Waals surface area contributed by atoms with Crippen molar-refractivity contribution in [3.8, 4) is 5.75 Å². The number of aliphatic hydroxyl groups excluding tert-OH is 2. The lowest BCUT2D eigenvalue weighted by Crippen LogP contribution is -2.25. The quantitative estimate of drug-likeness (QED) is 0.512. The van der Waals surface area contributed by atoms with Crippen LogP contribution in [0.25, 0.3) is 0 Å². The highest BCUT2D eigenvalue weighted by Crippen LogP contribution is 2.42. The van der Waals surface area contributed by atoms with E-state index in [4.69, 9.17) is 14.2 Å². The molecule has 6 nitrogen and oxygen atoms in total. The third-order valence-corrected chi connectivity index (χ3v) is 5.94. The summed E-state index contributed by atoms with van der Waals surface area (Å²) in [5.41, 5.74) is 0. The molecule has 1 aliphatic heterocycles. The van der Waals surface area contributed by atoms with Crippen LogP contribution in [-0.2, 0) is 14.3 Å². The second-order valence-corrected chi connectivity index (χ2v) is 7.96. The maximum absolute atomic E-state index is 11.4. The Labute approximate surface area is 172 Å². The summed E-state index contributed by atoms with van der Waals surface area (Å²) in [5, 5.41) is 20.8. The number of methoxy groups -OCH3 is 1. The van der Waals surface area contributed by atoms with E-state index in [0.717, 1.165) is 25.0 Å². The highest BCUT2D eigenvalue weighted by molar-refractivity contribution is 5.69. The van der Waals surface area contributed by atoms with Crippen molar-refractivity contribution in [2.24, 2.45) is 11.8 Å². The van der Waals surface area contributed by atoms with Crippen LogP contribution in [0.15, 0.2) is 42.5 Å². The summed E-state index contributed by atoms with van der Waals surface area (Å²) in [7, 11) is 1.40. The van der Waals surface area contributed by atoms with Gasteiger partial charge >= 0.3 is 5.97 Å². The van der Waals surface area contributed by atoms with Crippen LogP contribution in [0.5, 0.6) is 5.75 Å². The highest BCUT2D eigenvalue weighted by Gasteiger charge is 2.43. The van der Waals surface area contributed by atoms with Crippen LogP contribution < -0.4 is 4.74 Å². The van der Waals surface area contributed by atoms with Crippen LogP contribution in [0, 0.1) is 11.8 Å². The van der Waals surface area contributed by atoms with Crippen molar-refractivity contribution in [3.63, 3.8) is 0 Å². The molecule has 0 spiro atoms. The van der Waals surface area contributed by atoms with E-state index in [1.54, 1.807) is 6.08 Å². The first-order chi connectivity index (χ1) is 14.1. The molecule has 0 bridgehead atoms. The Morgan fingerprint density at radius 2 is 2.10 bits per heavy atom. The zero-order valence-corrected chi connectivity index (χ0v) is 17.0. The van der Waals surface area contributed by atoms with Gasteiger partial charge in [0.25, 0.3) is 0 Å². The van der Waals surface area contributed by atoms with Crippen molar-refractivity contribution in [1.82, 2.24) is 0 Å². The molecule has 6 heteroatoms. The zero-order valence-electron chi connectivity index (χ0n) is 17.0. The van der Waals surface area contributed by atoms with Gasteiger partial charge in [0.1, 0.15) is 18.5 Å². The smallest absolute Gasteiger partial charge is 0.305 e. The lowest BCUT2D eigenvalue weighted by Gasteiger charge is -2.23. The third-order valence-electron chi connectivity index (χ3n) is 5.94. The number of rotatable bonds is 8. The number of benzene rings is 1. The molecule has 2 N–H and O–H groups in total. The summed E-state index contributed by atoms with van der Waals surface area (Å²) in [5.74, 6) is 0.696. The Balaban J connectivity index is 1.51. The van der Waals surface area contributed by atoms with Gasteiger partial charge in [-0.2, -0.15) is 0 Å². The normalized spacial score (nSPS) is 30.5. The van der Waals surface area contributed by atoms with Crippen LogP contribution in [0.2, 0.25) is 0 Å². The Morgan fingerprint density at radius 1 is 1.31 bits per heavy atom. The van der Waals surface area contributed by atoms with Gasteiger partial charge in [-0.1, -0.05) is 36.8 Å². The van der Waals surface area contributed by atoms with E-state index < -0.39 is 12.2 Å². The van der Waals surface area contributed by atoms with Crippen molar-refractivity contribution in [1.29, 1.82) is 0 Å². The predicted molar refractivity (Wildman–Crippen MR) is 108 cm³/mol. The molecule has 160 valence electrons. The summed E-state index contributed by atoms with van der Waals surface area (Å²) in [6.45, 7) is 0.170. The van der Waals surface area contributed by atoms with Gasteiger partial charge in [0, 0.05) is 18.8 Å². The Bertz CT molecular complexity index is 661. The lowest BCUT2D eigenvalue weighted by molar-refractivity contribution is -0.141. The van der Waals surface area contributed by atoms with Crippen LogP contribution in [-0.4, -0.2) is 54.3 Å². The number of para-hydroxylation sites is 1. The van der Waals surface area contributed by atoms with Crippen molar-refractivity contribution < 1.29 is 29.2 Å². The molecule has 1 aromatic carbocycles. The molecule has 1 aliphatic carbocycles. The van der Waals surface area contributed by atoms with Gasteiger partial charge < -0.3 is 24.4 Å². The molecule has 1 aromatic rings. The number of aliphatic hydroxyl groups is 2. The minimum Gasteiger partial charge on any atom is -0.491 e. The zero-order chi connectivity index (χ0) is 20.6. The maximum atomic E-state index is 11.4. The van der Waals surface area contributed by atoms with Gasteiger partial charge in [0.15, 0.2) is 0 Å². The SMILES string of the molecule is COC(=O)CC[C@H]1CCC[C@@H]2[C@@H](/C=C/[C@@H](O)COc3ccccc3)[C@H](O)C[C@@H]2O1. The second kappa shape index (κ2) is 10.8. The van der Waals surface area contributed by atoms with E-state index in [0.29, 0.717) is 19.3 Å². The minimum atomic E-state index is -0.735. The number of carbonyl (C=O) groups is 1. The number of hydrogen-bond donors (Lipinski definition) is 2. The van der Waals surface area contributed by atoms with Crippen molar-refractivity contribution in [2.75, 3.05) is 13.7 Å². The van der Waals surface area contributed by atoms with Crippen LogP contribution in [0.3, 0.4) is 0 Å². The Hall–Kier alpha value is -1.89. The molecule has 0 unspecified atom stereocenters. The molecule has 1 saturated heterocycles. The minimum absolute atomic E-state index is 0.0116. The van der Waals surface area contributed by atoms with E-state index in [-0.39, 0.29) is 36.6 Å². The Kier molecular flexibility index (Phi) is 8.09. The molecule has 2 fully saturated rings. The molecule has 0 aromatic heterocycles. The van der Waals surface area contributed by atoms with Crippen LogP contribution >= 0.6 is 0 Å². The number of fused-ring (bicyclic) bond motifs is 1. The predicted octanol–water partition coefficient (Wildman–Crippen LogP) is 2.87.